The fourth-order valence-corrected chi connectivity index (χ4v) is 2.18. The maximum Gasteiger partial charge on any atom is 0.179 e. The molecular weight excluding hydrogens is 228 g/mol. The first kappa shape index (κ1) is 11.6. The van der Waals surface area contributed by atoms with Crippen LogP contribution in [0.4, 0.5) is 0 Å². The second kappa shape index (κ2) is 3.82. The number of methoxy groups -OCH3 is 1. The van der Waals surface area contributed by atoms with Gasteiger partial charge in [0.1, 0.15) is 0 Å². The first-order valence-electron chi connectivity index (χ1n) is 5.24. The fourth-order valence-electron chi connectivity index (χ4n) is 1.85. The van der Waals surface area contributed by atoms with Gasteiger partial charge in [-0.25, -0.2) is 0 Å². The summed E-state index contributed by atoms with van der Waals surface area (Å²) < 4.78 is 5.04. The van der Waals surface area contributed by atoms with E-state index in [4.69, 9.17) is 16.3 Å². The Labute approximate surface area is 99.6 Å². The van der Waals surface area contributed by atoms with Crippen molar-refractivity contribution in [3.8, 4) is 11.5 Å². The van der Waals surface area contributed by atoms with E-state index in [0.717, 1.165) is 24.0 Å². The van der Waals surface area contributed by atoms with E-state index in [1.165, 1.54) is 7.11 Å². The minimum absolute atomic E-state index is 0.0489. The smallest absolute Gasteiger partial charge is 0.179 e. The van der Waals surface area contributed by atoms with Crippen molar-refractivity contribution >= 4 is 11.6 Å². The predicted molar refractivity (Wildman–Crippen MR) is 62.3 cm³/mol. The normalized spacial score (nSPS) is 17.2. The number of aliphatic hydroxyl groups is 1. The summed E-state index contributed by atoms with van der Waals surface area (Å²) >= 11 is 5.95. The van der Waals surface area contributed by atoms with Crippen molar-refractivity contribution in [1.82, 2.24) is 0 Å². The Hall–Kier alpha value is -0.930. The highest BCUT2D eigenvalue weighted by atomic mass is 35.5. The molecule has 4 heteroatoms. The summed E-state index contributed by atoms with van der Waals surface area (Å²) in [5, 5.41) is 20.3. The first-order valence-corrected chi connectivity index (χ1v) is 5.62. The lowest BCUT2D eigenvalue weighted by molar-refractivity contribution is 0.149. The largest absolute Gasteiger partial charge is 0.504 e. The molecule has 1 fully saturated rings. The third-order valence-electron chi connectivity index (χ3n) is 3.07. The molecule has 16 heavy (non-hydrogen) atoms. The molecule has 0 aliphatic heterocycles. The minimum atomic E-state index is -0.638. The van der Waals surface area contributed by atoms with Crippen LogP contribution in [0, 0.1) is 6.92 Å². The van der Waals surface area contributed by atoms with Gasteiger partial charge in [0.15, 0.2) is 11.5 Å². The quantitative estimate of drug-likeness (QED) is 0.856. The summed E-state index contributed by atoms with van der Waals surface area (Å²) in [7, 11) is 1.46. The number of phenols is 1. The predicted octanol–water partition coefficient (Wildman–Crippen LogP) is 2.43. The van der Waals surface area contributed by atoms with E-state index in [9.17, 15) is 10.2 Å². The molecule has 88 valence electrons. The molecule has 0 saturated heterocycles. The number of aromatic hydroxyl groups is 1. The molecule has 1 aromatic carbocycles. The summed E-state index contributed by atoms with van der Waals surface area (Å²) in [4.78, 5) is 0. The molecule has 2 N–H and O–H groups in total. The SMILES string of the molecule is COc1c(Cl)cc(C)c(CC2(O)CC2)c1O. The molecule has 0 aromatic heterocycles. The second-order valence-electron chi connectivity index (χ2n) is 4.44. The lowest BCUT2D eigenvalue weighted by Gasteiger charge is -2.16. The average Bonchev–Trinajstić information content (AvgIpc) is 2.92. The number of ether oxygens (including phenoxy) is 1. The van der Waals surface area contributed by atoms with Crippen LogP contribution >= 0.6 is 11.6 Å². The molecule has 1 aliphatic carbocycles. The number of hydrogen-bond acceptors (Lipinski definition) is 3. The van der Waals surface area contributed by atoms with E-state index in [1.54, 1.807) is 6.07 Å². The summed E-state index contributed by atoms with van der Waals surface area (Å²) in [5.41, 5.74) is 0.964. The first-order chi connectivity index (χ1) is 7.47. The van der Waals surface area contributed by atoms with Crippen LogP contribution in [0.25, 0.3) is 0 Å². The number of aryl methyl sites for hydroxylation is 1. The molecule has 1 saturated carbocycles. The van der Waals surface area contributed by atoms with Gasteiger partial charge in [0.05, 0.1) is 17.7 Å². The number of halogens is 1. The number of rotatable bonds is 3. The van der Waals surface area contributed by atoms with Crippen LogP contribution in [0.3, 0.4) is 0 Å². The zero-order valence-electron chi connectivity index (χ0n) is 9.38. The van der Waals surface area contributed by atoms with Crippen LogP contribution in [0.5, 0.6) is 11.5 Å². The van der Waals surface area contributed by atoms with Gasteiger partial charge in [0.25, 0.3) is 0 Å². The van der Waals surface area contributed by atoms with Crippen molar-refractivity contribution in [2.75, 3.05) is 7.11 Å². The molecule has 0 atom stereocenters. The van der Waals surface area contributed by atoms with E-state index < -0.39 is 5.60 Å². The zero-order valence-corrected chi connectivity index (χ0v) is 10.1. The van der Waals surface area contributed by atoms with Crippen LogP contribution in [0.1, 0.15) is 24.0 Å². The molecule has 0 spiro atoms. The molecular formula is C12H15ClO3. The lowest BCUT2D eigenvalue weighted by Crippen LogP contribution is -2.12. The van der Waals surface area contributed by atoms with Crippen molar-refractivity contribution in [2.24, 2.45) is 0 Å². The fraction of sp³-hybridized carbons (Fsp3) is 0.500. The van der Waals surface area contributed by atoms with Crippen LogP contribution in [-0.2, 0) is 6.42 Å². The lowest BCUT2D eigenvalue weighted by atomic mass is 9.99. The topological polar surface area (TPSA) is 49.7 Å². The summed E-state index contributed by atoms with van der Waals surface area (Å²) in [6.07, 6.45) is 2.03. The van der Waals surface area contributed by atoms with Crippen molar-refractivity contribution in [3.63, 3.8) is 0 Å². The molecule has 0 bridgehead atoms. The van der Waals surface area contributed by atoms with Crippen molar-refractivity contribution in [3.05, 3.63) is 22.2 Å². The third kappa shape index (κ3) is 1.97. The van der Waals surface area contributed by atoms with Crippen LogP contribution in [-0.4, -0.2) is 22.9 Å². The third-order valence-corrected chi connectivity index (χ3v) is 3.35. The van der Waals surface area contributed by atoms with Gasteiger partial charge in [0.2, 0.25) is 0 Å². The van der Waals surface area contributed by atoms with Gasteiger partial charge >= 0.3 is 0 Å². The summed E-state index contributed by atoms with van der Waals surface area (Å²) in [6.45, 7) is 1.87. The van der Waals surface area contributed by atoms with E-state index in [2.05, 4.69) is 0 Å². The Bertz CT molecular complexity index is 425. The number of phenolic OH excluding ortho intramolecular Hbond substituents is 1. The molecule has 1 aliphatic rings. The van der Waals surface area contributed by atoms with Crippen molar-refractivity contribution < 1.29 is 14.9 Å². The van der Waals surface area contributed by atoms with E-state index in [1.807, 2.05) is 6.92 Å². The Morgan fingerprint density at radius 3 is 2.62 bits per heavy atom. The molecule has 0 unspecified atom stereocenters. The Morgan fingerprint density at radius 2 is 2.12 bits per heavy atom. The Morgan fingerprint density at radius 1 is 1.50 bits per heavy atom. The summed E-state index contributed by atoms with van der Waals surface area (Å²) in [6, 6.07) is 1.75. The summed E-state index contributed by atoms with van der Waals surface area (Å²) in [5.74, 6) is 0.333. The van der Waals surface area contributed by atoms with Gasteiger partial charge in [-0.05, 0) is 31.4 Å². The highest BCUT2D eigenvalue weighted by molar-refractivity contribution is 6.32. The molecule has 0 heterocycles. The van der Waals surface area contributed by atoms with Gasteiger partial charge in [-0.15, -0.1) is 0 Å². The van der Waals surface area contributed by atoms with Gasteiger partial charge in [-0.3, -0.25) is 0 Å². The maximum atomic E-state index is 10.0. The van der Waals surface area contributed by atoms with Crippen LogP contribution in [0.15, 0.2) is 6.07 Å². The van der Waals surface area contributed by atoms with Gasteiger partial charge < -0.3 is 14.9 Å². The second-order valence-corrected chi connectivity index (χ2v) is 4.84. The van der Waals surface area contributed by atoms with E-state index >= 15 is 0 Å². The maximum absolute atomic E-state index is 10.0. The zero-order chi connectivity index (χ0) is 11.9. The molecule has 2 rings (SSSR count). The van der Waals surface area contributed by atoms with Crippen molar-refractivity contribution in [1.29, 1.82) is 0 Å². The Balaban J connectivity index is 2.43. The monoisotopic (exact) mass is 242 g/mol. The van der Waals surface area contributed by atoms with Gasteiger partial charge in [-0.1, -0.05) is 11.6 Å². The molecule has 1 aromatic rings. The van der Waals surface area contributed by atoms with Crippen molar-refractivity contribution in [2.45, 2.75) is 31.8 Å². The average molecular weight is 243 g/mol. The number of benzene rings is 1. The highest BCUT2D eigenvalue weighted by Gasteiger charge is 2.41. The van der Waals surface area contributed by atoms with E-state index in [-0.39, 0.29) is 11.5 Å². The van der Waals surface area contributed by atoms with Crippen LogP contribution in [0.2, 0.25) is 5.02 Å². The van der Waals surface area contributed by atoms with Gasteiger partial charge in [0, 0.05) is 12.0 Å². The van der Waals surface area contributed by atoms with Gasteiger partial charge in [-0.2, -0.15) is 0 Å². The molecule has 0 amide bonds. The number of hydrogen-bond donors (Lipinski definition) is 2. The molecule has 3 nitrogen and oxygen atoms in total. The highest BCUT2D eigenvalue weighted by Crippen LogP contribution is 2.45. The minimum Gasteiger partial charge on any atom is -0.504 e. The standard InChI is InChI=1S/C12H15ClO3/c1-7-5-9(13)11(16-2)10(14)8(7)6-12(15)3-4-12/h5,14-15H,3-4,6H2,1-2H3. The Kier molecular flexibility index (Phi) is 2.76. The van der Waals surface area contributed by atoms with E-state index in [0.29, 0.717) is 11.4 Å². The molecule has 0 radical (unpaired) electrons. The van der Waals surface area contributed by atoms with Crippen LogP contribution < -0.4 is 4.74 Å².